The molecule has 0 atom stereocenters. The number of hydrogen-bond acceptors (Lipinski definition) is 5. The standard InChI is InChI=1S/C12H9N3O3S/c16-12(17)9-6-8(18-14-9)7-15-4-3-13-11(15)10-2-1-5-19-10/h1-6H,7H2,(H,16,17). The zero-order chi connectivity index (χ0) is 13.2. The summed E-state index contributed by atoms with van der Waals surface area (Å²) in [6.45, 7) is 0.396. The van der Waals surface area contributed by atoms with E-state index in [2.05, 4.69) is 10.1 Å². The minimum Gasteiger partial charge on any atom is -0.476 e. The Morgan fingerprint density at radius 2 is 2.42 bits per heavy atom. The molecule has 0 unspecified atom stereocenters. The summed E-state index contributed by atoms with van der Waals surface area (Å²) in [7, 11) is 0. The van der Waals surface area contributed by atoms with Gasteiger partial charge in [-0.1, -0.05) is 11.2 Å². The van der Waals surface area contributed by atoms with Gasteiger partial charge in [-0.05, 0) is 11.4 Å². The quantitative estimate of drug-likeness (QED) is 0.790. The van der Waals surface area contributed by atoms with Crippen LogP contribution in [0, 0.1) is 0 Å². The first-order valence-electron chi connectivity index (χ1n) is 5.48. The van der Waals surface area contributed by atoms with Gasteiger partial charge in [-0.2, -0.15) is 0 Å². The Hall–Kier alpha value is -2.41. The van der Waals surface area contributed by atoms with Gasteiger partial charge in [0.2, 0.25) is 0 Å². The van der Waals surface area contributed by atoms with E-state index in [9.17, 15) is 4.79 Å². The Kier molecular flexibility index (Phi) is 2.88. The molecule has 7 heteroatoms. The maximum absolute atomic E-state index is 10.7. The van der Waals surface area contributed by atoms with E-state index in [1.807, 2.05) is 28.3 Å². The van der Waals surface area contributed by atoms with Crippen LogP contribution in [-0.2, 0) is 6.54 Å². The molecule has 19 heavy (non-hydrogen) atoms. The van der Waals surface area contributed by atoms with E-state index in [1.54, 1.807) is 17.5 Å². The molecule has 0 radical (unpaired) electrons. The van der Waals surface area contributed by atoms with Crippen LogP contribution in [0.4, 0.5) is 0 Å². The second kappa shape index (κ2) is 4.69. The zero-order valence-electron chi connectivity index (χ0n) is 9.68. The molecule has 0 bridgehead atoms. The average Bonchev–Trinajstić information content (AvgIpc) is 3.09. The lowest BCUT2D eigenvalue weighted by atomic mass is 10.3. The van der Waals surface area contributed by atoms with E-state index in [1.165, 1.54) is 6.07 Å². The van der Waals surface area contributed by atoms with Gasteiger partial charge >= 0.3 is 5.97 Å². The maximum Gasteiger partial charge on any atom is 0.358 e. The molecule has 3 aromatic heterocycles. The number of carboxylic acid groups (broad SMARTS) is 1. The lowest BCUT2D eigenvalue weighted by Gasteiger charge is -2.02. The summed E-state index contributed by atoms with van der Waals surface area (Å²) in [5.41, 5.74) is -0.0900. The molecule has 0 spiro atoms. The van der Waals surface area contributed by atoms with E-state index in [4.69, 9.17) is 9.63 Å². The molecule has 0 saturated carbocycles. The summed E-state index contributed by atoms with van der Waals surface area (Å²) < 4.78 is 6.88. The van der Waals surface area contributed by atoms with Gasteiger partial charge in [0.25, 0.3) is 0 Å². The van der Waals surface area contributed by atoms with Crippen molar-refractivity contribution < 1.29 is 14.4 Å². The Morgan fingerprint density at radius 1 is 1.53 bits per heavy atom. The van der Waals surface area contributed by atoms with Gasteiger partial charge in [0.05, 0.1) is 11.4 Å². The van der Waals surface area contributed by atoms with Crippen LogP contribution in [0.25, 0.3) is 10.7 Å². The highest BCUT2D eigenvalue weighted by atomic mass is 32.1. The van der Waals surface area contributed by atoms with E-state index in [0.29, 0.717) is 12.3 Å². The van der Waals surface area contributed by atoms with Crippen LogP contribution in [0.2, 0.25) is 0 Å². The molecule has 6 nitrogen and oxygen atoms in total. The lowest BCUT2D eigenvalue weighted by molar-refractivity contribution is 0.0685. The number of hydrogen-bond donors (Lipinski definition) is 1. The molecule has 0 aromatic carbocycles. The third-order valence-electron chi connectivity index (χ3n) is 2.56. The van der Waals surface area contributed by atoms with Crippen molar-refractivity contribution in [3.8, 4) is 10.7 Å². The molecular formula is C12H9N3O3S. The van der Waals surface area contributed by atoms with Gasteiger partial charge in [0.15, 0.2) is 11.5 Å². The maximum atomic E-state index is 10.7. The highest BCUT2D eigenvalue weighted by Crippen LogP contribution is 2.23. The molecule has 0 aliphatic heterocycles. The van der Waals surface area contributed by atoms with Crippen LogP contribution in [0.1, 0.15) is 16.2 Å². The number of nitrogens with zero attached hydrogens (tertiary/aromatic N) is 3. The Labute approximate surface area is 111 Å². The van der Waals surface area contributed by atoms with Crippen LogP contribution in [-0.4, -0.2) is 25.8 Å². The predicted octanol–water partition coefficient (Wildman–Crippen LogP) is 2.35. The summed E-state index contributed by atoms with van der Waals surface area (Å²) in [6.07, 6.45) is 3.52. The van der Waals surface area contributed by atoms with E-state index in [-0.39, 0.29) is 5.69 Å². The number of carboxylic acids is 1. The zero-order valence-corrected chi connectivity index (χ0v) is 10.5. The number of aromatic nitrogens is 3. The highest BCUT2D eigenvalue weighted by molar-refractivity contribution is 7.13. The van der Waals surface area contributed by atoms with Gasteiger partial charge in [-0.25, -0.2) is 9.78 Å². The van der Waals surface area contributed by atoms with Crippen molar-refractivity contribution in [1.29, 1.82) is 0 Å². The second-order valence-electron chi connectivity index (χ2n) is 3.84. The van der Waals surface area contributed by atoms with E-state index in [0.717, 1.165) is 10.7 Å². The van der Waals surface area contributed by atoms with Crippen molar-refractivity contribution in [3.05, 3.63) is 47.4 Å². The van der Waals surface area contributed by atoms with Crippen LogP contribution in [0.15, 0.2) is 40.5 Å². The van der Waals surface area contributed by atoms with Crippen molar-refractivity contribution in [1.82, 2.24) is 14.7 Å². The predicted molar refractivity (Wildman–Crippen MR) is 68.1 cm³/mol. The van der Waals surface area contributed by atoms with Crippen molar-refractivity contribution >= 4 is 17.3 Å². The first-order valence-corrected chi connectivity index (χ1v) is 6.36. The van der Waals surface area contributed by atoms with Gasteiger partial charge < -0.3 is 14.2 Å². The molecule has 3 heterocycles. The minimum absolute atomic E-state index is 0.0900. The third kappa shape index (κ3) is 2.27. The molecule has 0 fully saturated rings. The fourth-order valence-corrected chi connectivity index (χ4v) is 2.46. The molecule has 0 aliphatic rings. The summed E-state index contributed by atoms with van der Waals surface area (Å²) in [5, 5.41) is 14.2. The Bertz CT molecular complexity index is 699. The number of carbonyl (C=O) groups is 1. The van der Waals surface area contributed by atoms with Crippen LogP contribution in [0.5, 0.6) is 0 Å². The lowest BCUT2D eigenvalue weighted by Crippen LogP contribution is -1.99. The molecule has 3 aromatic rings. The SMILES string of the molecule is O=C(O)c1cc(Cn2ccnc2-c2cccs2)on1. The van der Waals surface area contributed by atoms with Crippen molar-refractivity contribution in [3.63, 3.8) is 0 Å². The summed E-state index contributed by atoms with van der Waals surface area (Å²) in [5.74, 6) is 0.204. The van der Waals surface area contributed by atoms with Crippen molar-refractivity contribution in [2.24, 2.45) is 0 Å². The van der Waals surface area contributed by atoms with Crippen LogP contribution in [0.3, 0.4) is 0 Å². The fraction of sp³-hybridized carbons (Fsp3) is 0.0833. The number of rotatable bonds is 4. The average molecular weight is 275 g/mol. The largest absolute Gasteiger partial charge is 0.476 e. The molecule has 1 N–H and O–H groups in total. The topological polar surface area (TPSA) is 81.1 Å². The summed E-state index contributed by atoms with van der Waals surface area (Å²) >= 11 is 1.59. The number of aromatic carboxylic acids is 1. The monoisotopic (exact) mass is 275 g/mol. The van der Waals surface area contributed by atoms with Gasteiger partial charge in [0.1, 0.15) is 5.82 Å². The molecule has 0 saturated heterocycles. The van der Waals surface area contributed by atoms with Crippen LogP contribution < -0.4 is 0 Å². The first-order chi connectivity index (χ1) is 9.24. The molecule has 0 aliphatic carbocycles. The van der Waals surface area contributed by atoms with Crippen molar-refractivity contribution in [2.75, 3.05) is 0 Å². The molecular weight excluding hydrogens is 266 g/mol. The van der Waals surface area contributed by atoms with Gasteiger partial charge in [-0.3, -0.25) is 0 Å². The number of thiophene rings is 1. The fourth-order valence-electron chi connectivity index (χ4n) is 1.72. The minimum atomic E-state index is -1.10. The molecule has 96 valence electrons. The molecule has 3 rings (SSSR count). The van der Waals surface area contributed by atoms with Crippen LogP contribution >= 0.6 is 11.3 Å². The summed E-state index contributed by atoms with van der Waals surface area (Å²) in [4.78, 5) is 16.1. The second-order valence-corrected chi connectivity index (χ2v) is 4.79. The van der Waals surface area contributed by atoms with E-state index >= 15 is 0 Å². The van der Waals surface area contributed by atoms with E-state index < -0.39 is 5.97 Å². The number of imidazole rings is 1. The summed E-state index contributed by atoms with van der Waals surface area (Å²) in [6, 6.07) is 5.35. The molecule has 0 amide bonds. The Balaban J connectivity index is 1.87. The van der Waals surface area contributed by atoms with Gasteiger partial charge in [-0.15, -0.1) is 11.3 Å². The Morgan fingerprint density at radius 3 is 3.11 bits per heavy atom. The van der Waals surface area contributed by atoms with Crippen molar-refractivity contribution in [2.45, 2.75) is 6.54 Å². The van der Waals surface area contributed by atoms with Gasteiger partial charge in [0, 0.05) is 18.5 Å². The smallest absolute Gasteiger partial charge is 0.358 e. The third-order valence-corrected chi connectivity index (χ3v) is 3.43. The normalized spacial score (nSPS) is 10.7. The first kappa shape index (κ1) is 11.7. The highest BCUT2D eigenvalue weighted by Gasteiger charge is 2.13.